The van der Waals surface area contributed by atoms with Crippen LogP contribution in [-0.2, 0) is 4.74 Å². The van der Waals surface area contributed by atoms with Crippen LogP contribution in [0.25, 0.3) is 0 Å². The van der Waals surface area contributed by atoms with Gasteiger partial charge in [0, 0.05) is 32.9 Å². The highest BCUT2D eigenvalue weighted by molar-refractivity contribution is 5.96. The number of carbonyl (C=O) groups is 1. The van der Waals surface area contributed by atoms with Gasteiger partial charge in [-0.15, -0.1) is 0 Å². The van der Waals surface area contributed by atoms with Crippen molar-refractivity contribution in [3.05, 3.63) is 23.9 Å². The lowest BCUT2D eigenvalue weighted by Gasteiger charge is -2.34. The van der Waals surface area contributed by atoms with Crippen LogP contribution in [-0.4, -0.2) is 62.3 Å². The van der Waals surface area contributed by atoms with Crippen molar-refractivity contribution in [1.29, 1.82) is 0 Å². The summed E-state index contributed by atoms with van der Waals surface area (Å²) in [5.74, 6) is 1.81. The van der Waals surface area contributed by atoms with E-state index in [1.54, 1.807) is 25.4 Å². The summed E-state index contributed by atoms with van der Waals surface area (Å²) >= 11 is 0. The summed E-state index contributed by atoms with van der Waals surface area (Å²) in [4.78, 5) is 19.1. The summed E-state index contributed by atoms with van der Waals surface area (Å²) in [6.07, 6.45) is 5.04. The fourth-order valence-corrected chi connectivity index (χ4v) is 3.63. The molecule has 0 spiro atoms. The maximum Gasteiger partial charge on any atom is 0.256 e. The molecule has 1 aliphatic heterocycles. The van der Waals surface area contributed by atoms with Gasteiger partial charge in [0.05, 0.1) is 6.61 Å². The van der Waals surface area contributed by atoms with E-state index in [0.717, 1.165) is 31.2 Å². The van der Waals surface area contributed by atoms with Crippen LogP contribution in [0.5, 0.6) is 5.88 Å². The number of amides is 1. The monoisotopic (exact) mass is 363 g/mol. The van der Waals surface area contributed by atoms with E-state index in [9.17, 15) is 4.79 Å². The lowest BCUT2D eigenvalue weighted by Crippen LogP contribution is -2.39. The number of rotatable bonds is 10. The molecule has 1 aliphatic rings. The number of piperidine rings is 1. The zero-order chi connectivity index (χ0) is 18.8. The van der Waals surface area contributed by atoms with Crippen LogP contribution in [0.1, 0.15) is 43.5 Å². The van der Waals surface area contributed by atoms with Crippen LogP contribution >= 0.6 is 0 Å². The topological polar surface area (TPSA) is 63.7 Å². The third kappa shape index (κ3) is 6.92. The average molecular weight is 364 g/mol. The number of nitrogens with zero attached hydrogens (tertiary/aromatic N) is 2. The number of ether oxygens (including phenoxy) is 2. The van der Waals surface area contributed by atoms with Crippen molar-refractivity contribution >= 4 is 5.91 Å². The van der Waals surface area contributed by atoms with E-state index < -0.39 is 0 Å². The van der Waals surface area contributed by atoms with Crippen molar-refractivity contribution in [2.45, 2.75) is 33.1 Å². The standard InChI is InChI=1S/C20H33N3O3/c1-16-13-17(2)15-23(14-16)10-5-4-8-21-19(24)18-7-6-9-22-20(18)26-12-11-25-3/h6-7,9,16-17H,4-5,8,10-15H2,1-3H3,(H,21,24). The molecule has 2 unspecified atom stereocenters. The minimum atomic E-state index is -0.134. The predicted octanol–water partition coefficient (Wildman–Crippen LogP) is 2.59. The molecule has 2 heterocycles. The Bertz CT molecular complexity index is 543. The molecule has 2 rings (SSSR count). The van der Waals surface area contributed by atoms with Gasteiger partial charge < -0.3 is 19.7 Å². The molecule has 1 fully saturated rings. The van der Waals surface area contributed by atoms with Crippen LogP contribution in [0.15, 0.2) is 18.3 Å². The summed E-state index contributed by atoms with van der Waals surface area (Å²) in [6, 6.07) is 3.48. The number of likely N-dealkylation sites (tertiary alicyclic amines) is 1. The predicted molar refractivity (Wildman–Crippen MR) is 103 cm³/mol. The first-order valence-electron chi connectivity index (χ1n) is 9.67. The molecule has 0 radical (unpaired) electrons. The second kappa shape index (κ2) is 11.1. The number of unbranched alkanes of at least 4 members (excludes halogenated alkanes) is 1. The molecule has 1 aromatic rings. The SMILES string of the molecule is COCCOc1ncccc1C(=O)NCCCCN1CC(C)CC(C)C1. The number of hydrogen-bond acceptors (Lipinski definition) is 5. The third-order valence-electron chi connectivity index (χ3n) is 4.67. The van der Waals surface area contributed by atoms with E-state index in [4.69, 9.17) is 9.47 Å². The van der Waals surface area contributed by atoms with E-state index in [-0.39, 0.29) is 5.91 Å². The van der Waals surface area contributed by atoms with Crippen LogP contribution in [0, 0.1) is 11.8 Å². The van der Waals surface area contributed by atoms with E-state index >= 15 is 0 Å². The largest absolute Gasteiger partial charge is 0.475 e. The molecule has 26 heavy (non-hydrogen) atoms. The number of hydrogen-bond donors (Lipinski definition) is 1. The van der Waals surface area contributed by atoms with E-state index in [2.05, 4.69) is 29.0 Å². The molecule has 0 aliphatic carbocycles. The Morgan fingerprint density at radius 2 is 2.04 bits per heavy atom. The molecule has 6 nitrogen and oxygen atoms in total. The second-order valence-corrected chi connectivity index (χ2v) is 7.37. The summed E-state index contributed by atoms with van der Waals surface area (Å²) in [7, 11) is 1.61. The fourth-order valence-electron chi connectivity index (χ4n) is 3.63. The molecular formula is C20H33N3O3. The number of carbonyl (C=O) groups excluding carboxylic acids is 1. The van der Waals surface area contributed by atoms with Gasteiger partial charge in [-0.2, -0.15) is 0 Å². The molecule has 2 atom stereocenters. The maximum atomic E-state index is 12.4. The van der Waals surface area contributed by atoms with Crippen molar-refractivity contribution in [2.75, 3.05) is 46.5 Å². The molecule has 1 N–H and O–H groups in total. The Kier molecular flexibility index (Phi) is 8.85. The number of aromatic nitrogens is 1. The van der Waals surface area contributed by atoms with Crippen molar-refractivity contribution in [3.63, 3.8) is 0 Å². The quantitative estimate of drug-likeness (QED) is 0.648. The summed E-state index contributed by atoms with van der Waals surface area (Å²) in [5, 5.41) is 2.98. The van der Waals surface area contributed by atoms with Crippen LogP contribution in [0.4, 0.5) is 0 Å². The fraction of sp³-hybridized carbons (Fsp3) is 0.700. The Labute approximate surface area is 157 Å². The zero-order valence-corrected chi connectivity index (χ0v) is 16.4. The number of methoxy groups -OCH3 is 1. The first-order valence-corrected chi connectivity index (χ1v) is 9.67. The van der Waals surface area contributed by atoms with Gasteiger partial charge in [0.2, 0.25) is 5.88 Å². The smallest absolute Gasteiger partial charge is 0.256 e. The lowest BCUT2D eigenvalue weighted by atomic mass is 9.92. The van der Waals surface area contributed by atoms with E-state index in [0.29, 0.717) is 31.2 Å². The highest BCUT2D eigenvalue weighted by atomic mass is 16.5. The molecular weight excluding hydrogens is 330 g/mol. The molecule has 6 heteroatoms. The molecule has 0 aromatic carbocycles. The van der Waals surface area contributed by atoms with Gasteiger partial charge in [-0.05, 0) is 49.8 Å². The zero-order valence-electron chi connectivity index (χ0n) is 16.4. The molecule has 1 aromatic heterocycles. The Balaban J connectivity index is 1.69. The van der Waals surface area contributed by atoms with Gasteiger partial charge >= 0.3 is 0 Å². The minimum Gasteiger partial charge on any atom is -0.475 e. The summed E-state index contributed by atoms with van der Waals surface area (Å²) in [5.41, 5.74) is 0.474. The Morgan fingerprint density at radius 1 is 1.27 bits per heavy atom. The number of pyridine rings is 1. The van der Waals surface area contributed by atoms with Crippen molar-refractivity contribution in [1.82, 2.24) is 15.2 Å². The molecule has 0 saturated carbocycles. The third-order valence-corrected chi connectivity index (χ3v) is 4.67. The van der Waals surface area contributed by atoms with Gasteiger partial charge in [0.15, 0.2) is 0 Å². The highest BCUT2D eigenvalue weighted by Gasteiger charge is 2.21. The van der Waals surface area contributed by atoms with E-state index in [1.807, 2.05) is 0 Å². The van der Waals surface area contributed by atoms with Crippen molar-refractivity contribution < 1.29 is 14.3 Å². The van der Waals surface area contributed by atoms with Crippen molar-refractivity contribution in [3.8, 4) is 5.88 Å². The first kappa shape index (κ1) is 20.6. The van der Waals surface area contributed by atoms with Gasteiger partial charge in [0.25, 0.3) is 5.91 Å². The average Bonchev–Trinajstić information content (AvgIpc) is 2.61. The molecule has 146 valence electrons. The lowest BCUT2D eigenvalue weighted by molar-refractivity contribution is 0.0942. The van der Waals surface area contributed by atoms with Crippen LogP contribution in [0.2, 0.25) is 0 Å². The Hall–Kier alpha value is -1.66. The van der Waals surface area contributed by atoms with Crippen LogP contribution < -0.4 is 10.1 Å². The van der Waals surface area contributed by atoms with Gasteiger partial charge in [-0.25, -0.2) is 4.98 Å². The van der Waals surface area contributed by atoms with E-state index in [1.165, 1.54) is 19.5 Å². The second-order valence-electron chi connectivity index (χ2n) is 7.37. The summed E-state index contributed by atoms with van der Waals surface area (Å²) < 4.78 is 10.5. The summed E-state index contributed by atoms with van der Waals surface area (Å²) in [6.45, 7) is 9.70. The van der Waals surface area contributed by atoms with Crippen molar-refractivity contribution in [2.24, 2.45) is 11.8 Å². The Morgan fingerprint density at radius 3 is 2.77 bits per heavy atom. The first-order chi connectivity index (χ1) is 12.6. The van der Waals surface area contributed by atoms with Gasteiger partial charge in [0.1, 0.15) is 12.2 Å². The van der Waals surface area contributed by atoms with Gasteiger partial charge in [-0.1, -0.05) is 13.8 Å². The highest BCUT2D eigenvalue weighted by Crippen LogP contribution is 2.21. The van der Waals surface area contributed by atoms with Crippen LogP contribution in [0.3, 0.4) is 0 Å². The number of nitrogens with one attached hydrogen (secondary N) is 1. The normalized spacial score (nSPS) is 20.7. The molecule has 0 bridgehead atoms. The molecule has 1 saturated heterocycles. The van der Waals surface area contributed by atoms with Gasteiger partial charge in [-0.3, -0.25) is 4.79 Å². The minimum absolute atomic E-state index is 0.134. The maximum absolute atomic E-state index is 12.4. The molecule has 1 amide bonds.